The fourth-order valence-corrected chi connectivity index (χ4v) is 3.87. The van der Waals surface area contributed by atoms with Gasteiger partial charge in [0.25, 0.3) is 0 Å². The van der Waals surface area contributed by atoms with Gasteiger partial charge < -0.3 is 8.98 Å². The predicted octanol–water partition coefficient (Wildman–Crippen LogP) is 5.72. The topological polar surface area (TPSA) is 69.6 Å². The maximum absolute atomic E-state index is 5.98. The van der Waals surface area contributed by atoms with E-state index in [1.54, 1.807) is 0 Å². The number of halogens is 2. The van der Waals surface area contributed by atoms with E-state index in [-0.39, 0.29) is 0 Å². The van der Waals surface area contributed by atoms with Gasteiger partial charge in [0.15, 0.2) is 11.0 Å². The van der Waals surface area contributed by atoms with Crippen LogP contribution in [0.2, 0.25) is 5.02 Å². The van der Waals surface area contributed by atoms with Gasteiger partial charge in [0.2, 0.25) is 11.8 Å². The molecular formula is C19H15BrClN5OS. The minimum Gasteiger partial charge on any atom is -0.420 e. The summed E-state index contributed by atoms with van der Waals surface area (Å²) in [6, 6.07) is 15.3. The van der Waals surface area contributed by atoms with Crippen LogP contribution in [0.1, 0.15) is 12.8 Å². The Morgan fingerprint density at radius 1 is 0.964 bits per heavy atom. The molecule has 28 heavy (non-hydrogen) atoms. The third kappa shape index (κ3) is 4.14. The number of hydrogen-bond donors (Lipinski definition) is 0. The summed E-state index contributed by atoms with van der Waals surface area (Å²) in [5, 5.41) is 18.4. The first-order chi connectivity index (χ1) is 13.6. The number of thioether (sulfide) groups is 1. The van der Waals surface area contributed by atoms with Crippen molar-refractivity contribution < 1.29 is 4.42 Å². The predicted molar refractivity (Wildman–Crippen MR) is 113 cm³/mol. The summed E-state index contributed by atoms with van der Waals surface area (Å²) in [6.45, 7) is 2.81. The van der Waals surface area contributed by atoms with Gasteiger partial charge in [-0.05, 0) is 55.5 Å². The Morgan fingerprint density at radius 3 is 2.39 bits per heavy atom. The smallest absolute Gasteiger partial charge is 0.247 e. The molecule has 0 radical (unpaired) electrons. The lowest BCUT2D eigenvalue weighted by Gasteiger charge is -2.06. The molecule has 0 saturated carbocycles. The van der Waals surface area contributed by atoms with E-state index in [0.717, 1.165) is 33.1 Å². The lowest BCUT2D eigenvalue weighted by molar-refractivity contribution is 0.528. The molecule has 0 aliphatic heterocycles. The standard InChI is InChI=1S/C19H15BrClN5OS/c1-2-26-17(12-5-9-15(21)10-6-12)23-25-19(26)28-11-16-22-24-18(27-16)13-3-7-14(20)8-4-13/h3-10H,2,11H2,1H3. The number of aromatic nitrogens is 5. The molecule has 0 saturated heterocycles. The molecular weight excluding hydrogens is 462 g/mol. The summed E-state index contributed by atoms with van der Waals surface area (Å²) in [5.74, 6) is 2.37. The number of benzene rings is 2. The average molecular weight is 477 g/mol. The van der Waals surface area contributed by atoms with Crippen LogP contribution < -0.4 is 0 Å². The van der Waals surface area contributed by atoms with Gasteiger partial charge in [-0.15, -0.1) is 20.4 Å². The first kappa shape index (κ1) is 19.2. The van der Waals surface area contributed by atoms with Gasteiger partial charge in [0.1, 0.15) is 0 Å². The summed E-state index contributed by atoms with van der Waals surface area (Å²) in [4.78, 5) is 0. The van der Waals surface area contributed by atoms with Crippen molar-refractivity contribution in [2.75, 3.05) is 0 Å². The van der Waals surface area contributed by atoms with E-state index in [1.807, 2.05) is 48.5 Å². The van der Waals surface area contributed by atoms with Gasteiger partial charge in [-0.25, -0.2) is 0 Å². The molecule has 0 aliphatic carbocycles. The van der Waals surface area contributed by atoms with Gasteiger partial charge in [-0.3, -0.25) is 0 Å². The van der Waals surface area contributed by atoms with E-state index in [4.69, 9.17) is 16.0 Å². The molecule has 2 heterocycles. The Balaban J connectivity index is 1.49. The highest BCUT2D eigenvalue weighted by atomic mass is 79.9. The van der Waals surface area contributed by atoms with Crippen molar-refractivity contribution in [3.8, 4) is 22.8 Å². The van der Waals surface area contributed by atoms with Crippen molar-refractivity contribution in [1.29, 1.82) is 0 Å². The third-order valence-electron chi connectivity index (χ3n) is 4.02. The normalized spacial score (nSPS) is 11.1. The monoisotopic (exact) mass is 475 g/mol. The maximum Gasteiger partial charge on any atom is 0.247 e. The molecule has 2 aromatic heterocycles. The van der Waals surface area contributed by atoms with Crippen LogP contribution >= 0.6 is 39.3 Å². The van der Waals surface area contributed by atoms with Crippen LogP contribution in [-0.4, -0.2) is 25.0 Å². The Bertz CT molecular complexity index is 1080. The molecule has 0 atom stereocenters. The Labute approximate surface area is 179 Å². The average Bonchev–Trinajstić information content (AvgIpc) is 3.34. The van der Waals surface area contributed by atoms with Gasteiger partial charge in [0.05, 0.1) is 5.75 Å². The van der Waals surface area contributed by atoms with Crippen molar-refractivity contribution in [2.45, 2.75) is 24.4 Å². The van der Waals surface area contributed by atoms with Crippen LogP contribution in [0.3, 0.4) is 0 Å². The van der Waals surface area contributed by atoms with Crippen LogP contribution in [0.25, 0.3) is 22.8 Å². The minimum atomic E-state index is 0.502. The van der Waals surface area contributed by atoms with Crippen molar-refractivity contribution in [2.24, 2.45) is 0 Å². The molecule has 142 valence electrons. The third-order valence-corrected chi connectivity index (χ3v) is 5.75. The molecule has 0 N–H and O–H groups in total. The summed E-state index contributed by atoms with van der Waals surface area (Å²) in [6.07, 6.45) is 0. The minimum absolute atomic E-state index is 0.502. The number of rotatable bonds is 6. The van der Waals surface area contributed by atoms with E-state index >= 15 is 0 Å². The van der Waals surface area contributed by atoms with Crippen LogP contribution in [-0.2, 0) is 12.3 Å². The second-order valence-electron chi connectivity index (χ2n) is 5.85. The van der Waals surface area contributed by atoms with Crippen molar-refractivity contribution in [3.05, 3.63) is 63.9 Å². The molecule has 6 nitrogen and oxygen atoms in total. The van der Waals surface area contributed by atoms with Crippen LogP contribution in [0, 0.1) is 0 Å². The van der Waals surface area contributed by atoms with E-state index in [0.29, 0.717) is 22.6 Å². The Hall–Kier alpha value is -2.16. The van der Waals surface area contributed by atoms with E-state index < -0.39 is 0 Å². The molecule has 2 aromatic carbocycles. The molecule has 4 rings (SSSR count). The van der Waals surface area contributed by atoms with E-state index in [9.17, 15) is 0 Å². The highest BCUT2D eigenvalue weighted by molar-refractivity contribution is 9.10. The van der Waals surface area contributed by atoms with E-state index in [2.05, 4.69) is 47.8 Å². The fraction of sp³-hybridized carbons (Fsp3) is 0.158. The molecule has 0 unspecified atom stereocenters. The van der Waals surface area contributed by atoms with E-state index in [1.165, 1.54) is 11.8 Å². The van der Waals surface area contributed by atoms with Gasteiger partial charge in [-0.1, -0.05) is 39.3 Å². The summed E-state index contributed by atoms with van der Waals surface area (Å²) < 4.78 is 8.84. The van der Waals surface area contributed by atoms with Crippen LogP contribution in [0.15, 0.2) is 62.6 Å². The zero-order chi connectivity index (χ0) is 19.5. The summed E-state index contributed by atoms with van der Waals surface area (Å²) >= 11 is 10.9. The maximum atomic E-state index is 5.98. The molecule has 0 bridgehead atoms. The molecule has 0 amide bonds. The first-order valence-corrected chi connectivity index (χ1v) is 10.7. The molecule has 0 fully saturated rings. The van der Waals surface area contributed by atoms with Gasteiger partial charge in [0, 0.05) is 27.2 Å². The van der Waals surface area contributed by atoms with Crippen LogP contribution in [0.5, 0.6) is 0 Å². The lowest BCUT2D eigenvalue weighted by Crippen LogP contribution is -1.99. The fourth-order valence-electron chi connectivity index (χ4n) is 2.64. The summed E-state index contributed by atoms with van der Waals surface area (Å²) in [5.41, 5.74) is 1.86. The van der Waals surface area contributed by atoms with Crippen molar-refractivity contribution in [1.82, 2.24) is 25.0 Å². The second-order valence-corrected chi connectivity index (χ2v) is 8.15. The molecule has 0 aliphatic rings. The largest absolute Gasteiger partial charge is 0.420 e. The number of hydrogen-bond acceptors (Lipinski definition) is 6. The zero-order valence-electron chi connectivity index (χ0n) is 14.8. The highest BCUT2D eigenvalue weighted by Crippen LogP contribution is 2.28. The zero-order valence-corrected chi connectivity index (χ0v) is 18.0. The SMILES string of the molecule is CCn1c(SCc2nnc(-c3ccc(Br)cc3)o2)nnc1-c1ccc(Cl)cc1. The Morgan fingerprint density at radius 2 is 1.68 bits per heavy atom. The number of nitrogens with zero attached hydrogens (tertiary/aromatic N) is 5. The lowest BCUT2D eigenvalue weighted by atomic mass is 10.2. The highest BCUT2D eigenvalue weighted by Gasteiger charge is 2.15. The van der Waals surface area contributed by atoms with Crippen LogP contribution in [0.4, 0.5) is 0 Å². The second kappa shape index (κ2) is 8.46. The van der Waals surface area contributed by atoms with Crippen molar-refractivity contribution in [3.63, 3.8) is 0 Å². The quantitative estimate of drug-likeness (QED) is 0.331. The summed E-state index contributed by atoms with van der Waals surface area (Å²) in [7, 11) is 0. The first-order valence-electron chi connectivity index (χ1n) is 8.54. The molecule has 9 heteroatoms. The Kier molecular flexibility index (Phi) is 5.79. The van der Waals surface area contributed by atoms with Gasteiger partial charge >= 0.3 is 0 Å². The van der Waals surface area contributed by atoms with Gasteiger partial charge in [-0.2, -0.15) is 0 Å². The van der Waals surface area contributed by atoms with Crippen molar-refractivity contribution >= 4 is 39.3 Å². The molecule has 4 aromatic rings. The molecule has 0 spiro atoms.